The number of nitrogens with zero attached hydrogens (tertiary/aromatic N) is 1. The van der Waals surface area contributed by atoms with E-state index in [-0.39, 0.29) is 44.8 Å². The van der Waals surface area contributed by atoms with Gasteiger partial charge in [-0.25, -0.2) is 0 Å². The van der Waals surface area contributed by atoms with E-state index in [1.165, 1.54) is 12.0 Å². The number of carbonyl (C=O) groups excluding carboxylic acids is 2. The Kier molecular flexibility index (Phi) is 9.69. The zero-order chi connectivity index (χ0) is 19.5. The summed E-state index contributed by atoms with van der Waals surface area (Å²) in [5, 5.41) is 8.77. The second kappa shape index (κ2) is 11.5. The Morgan fingerprint density at radius 1 is 1.19 bits per heavy atom. The van der Waals surface area contributed by atoms with E-state index in [9.17, 15) is 9.59 Å². The van der Waals surface area contributed by atoms with Gasteiger partial charge in [0.25, 0.3) is 5.91 Å². The molecular formula is C19H29NO6. The largest absolute Gasteiger partial charge is 0.483 e. The van der Waals surface area contributed by atoms with Crippen molar-refractivity contribution in [3.63, 3.8) is 0 Å². The van der Waals surface area contributed by atoms with Gasteiger partial charge in [0.05, 0.1) is 32.8 Å². The number of benzene rings is 1. The molecule has 26 heavy (non-hydrogen) atoms. The molecule has 1 aromatic carbocycles. The fourth-order valence-corrected chi connectivity index (χ4v) is 2.52. The maximum atomic E-state index is 12.6. The van der Waals surface area contributed by atoms with Crippen molar-refractivity contribution in [1.29, 1.82) is 0 Å². The van der Waals surface area contributed by atoms with Gasteiger partial charge in [-0.15, -0.1) is 0 Å². The van der Waals surface area contributed by atoms with E-state index in [2.05, 4.69) is 0 Å². The van der Waals surface area contributed by atoms with Crippen molar-refractivity contribution < 1.29 is 28.9 Å². The van der Waals surface area contributed by atoms with Crippen molar-refractivity contribution in [3.8, 4) is 5.75 Å². The van der Waals surface area contributed by atoms with E-state index in [1.807, 2.05) is 32.0 Å². The molecule has 1 N–H and O–H groups in total. The van der Waals surface area contributed by atoms with Crippen LogP contribution in [-0.4, -0.2) is 68.5 Å². The average molecular weight is 367 g/mol. The predicted octanol–water partition coefficient (Wildman–Crippen LogP) is 1.33. The molecule has 1 rings (SSSR count). The molecule has 0 heterocycles. The molecule has 1 aromatic rings. The van der Waals surface area contributed by atoms with Crippen LogP contribution in [0, 0.1) is 19.8 Å². The first-order chi connectivity index (χ1) is 12.4. The van der Waals surface area contributed by atoms with Gasteiger partial charge in [-0.05, 0) is 25.0 Å². The van der Waals surface area contributed by atoms with Crippen LogP contribution in [0.1, 0.15) is 18.1 Å². The first-order valence-electron chi connectivity index (χ1n) is 8.63. The highest BCUT2D eigenvalue weighted by Crippen LogP contribution is 2.22. The van der Waals surface area contributed by atoms with E-state index in [0.717, 1.165) is 11.1 Å². The second-order valence-electron chi connectivity index (χ2n) is 6.11. The maximum Gasteiger partial charge on any atom is 0.310 e. The molecule has 1 atom stereocenters. The first kappa shape index (κ1) is 21.9. The minimum Gasteiger partial charge on any atom is -0.483 e. The number of hydrogen-bond donors (Lipinski definition) is 1. The molecule has 1 amide bonds. The second-order valence-corrected chi connectivity index (χ2v) is 6.11. The predicted molar refractivity (Wildman–Crippen MR) is 97.1 cm³/mol. The van der Waals surface area contributed by atoms with Crippen LogP contribution in [0.5, 0.6) is 5.75 Å². The highest BCUT2D eigenvalue weighted by molar-refractivity contribution is 5.79. The minimum absolute atomic E-state index is 0.0812. The van der Waals surface area contributed by atoms with Gasteiger partial charge in [0, 0.05) is 13.1 Å². The van der Waals surface area contributed by atoms with E-state index in [0.29, 0.717) is 12.3 Å². The van der Waals surface area contributed by atoms with Crippen molar-refractivity contribution in [2.45, 2.75) is 20.8 Å². The minimum atomic E-state index is -0.456. The number of para-hydroxylation sites is 1. The van der Waals surface area contributed by atoms with Gasteiger partial charge in [-0.1, -0.05) is 25.1 Å². The molecule has 7 nitrogen and oxygen atoms in total. The fourth-order valence-electron chi connectivity index (χ4n) is 2.52. The quantitative estimate of drug-likeness (QED) is 0.469. The Morgan fingerprint density at radius 2 is 1.85 bits per heavy atom. The Morgan fingerprint density at radius 3 is 2.42 bits per heavy atom. The lowest BCUT2D eigenvalue weighted by Crippen LogP contribution is -2.41. The molecule has 0 radical (unpaired) electrons. The van der Waals surface area contributed by atoms with Gasteiger partial charge < -0.3 is 24.2 Å². The van der Waals surface area contributed by atoms with Crippen LogP contribution in [-0.2, 0) is 19.1 Å². The highest BCUT2D eigenvalue weighted by Gasteiger charge is 2.22. The normalized spacial score (nSPS) is 11.7. The van der Waals surface area contributed by atoms with Crippen molar-refractivity contribution >= 4 is 11.9 Å². The lowest BCUT2D eigenvalue weighted by molar-refractivity contribution is -0.147. The van der Waals surface area contributed by atoms with Crippen molar-refractivity contribution in [1.82, 2.24) is 4.90 Å². The molecule has 146 valence electrons. The monoisotopic (exact) mass is 367 g/mol. The number of esters is 1. The van der Waals surface area contributed by atoms with Crippen LogP contribution in [0.25, 0.3) is 0 Å². The van der Waals surface area contributed by atoms with Gasteiger partial charge in [-0.3, -0.25) is 9.59 Å². The standard InChI is InChI=1S/C19H29NO6/c1-14-6-5-7-15(2)18(14)26-13-17(22)20(8-10-25-11-9-21)12-16(3)19(23)24-4/h5-7,16,21H,8-13H2,1-4H3. The summed E-state index contributed by atoms with van der Waals surface area (Å²) < 4.78 is 15.7. The smallest absolute Gasteiger partial charge is 0.310 e. The van der Waals surface area contributed by atoms with E-state index in [4.69, 9.17) is 19.3 Å². The van der Waals surface area contributed by atoms with Crippen LogP contribution >= 0.6 is 0 Å². The van der Waals surface area contributed by atoms with Crippen molar-refractivity contribution in [2.24, 2.45) is 5.92 Å². The van der Waals surface area contributed by atoms with Gasteiger partial charge in [0.1, 0.15) is 5.75 Å². The third-order valence-electron chi connectivity index (χ3n) is 3.94. The van der Waals surface area contributed by atoms with E-state index >= 15 is 0 Å². The zero-order valence-electron chi connectivity index (χ0n) is 16.0. The fraction of sp³-hybridized carbons (Fsp3) is 0.579. The molecule has 0 aliphatic heterocycles. The van der Waals surface area contributed by atoms with E-state index in [1.54, 1.807) is 6.92 Å². The summed E-state index contributed by atoms with van der Waals surface area (Å²) in [7, 11) is 1.32. The lowest BCUT2D eigenvalue weighted by atomic mass is 10.1. The summed E-state index contributed by atoms with van der Waals surface area (Å²) in [5.41, 5.74) is 1.91. The van der Waals surface area contributed by atoms with Gasteiger partial charge in [-0.2, -0.15) is 0 Å². The molecule has 0 saturated heterocycles. The number of rotatable bonds is 11. The Labute approximate surface area is 154 Å². The Hall–Kier alpha value is -2.12. The molecule has 0 aliphatic rings. The maximum absolute atomic E-state index is 12.6. The topological polar surface area (TPSA) is 85.3 Å². The molecule has 0 spiro atoms. The summed E-state index contributed by atoms with van der Waals surface area (Å²) >= 11 is 0. The molecule has 0 aliphatic carbocycles. The number of aryl methyl sites for hydroxylation is 2. The molecule has 0 bridgehead atoms. The number of hydrogen-bond acceptors (Lipinski definition) is 6. The number of aliphatic hydroxyl groups is 1. The summed E-state index contributed by atoms with van der Waals surface area (Å²) in [5.74, 6) is -0.383. The summed E-state index contributed by atoms with van der Waals surface area (Å²) in [4.78, 5) is 25.8. The Balaban J connectivity index is 2.70. The van der Waals surface area contributed by atoms with E-state index < -0.39 is 5.92 Å². The number of amides is 1. The molecule has 7 heteroatoms. The average Bonchev–Trinajstić information content (AvgIpc) is 2.62. The summed E-state index contributed by atoms with van der Waals surface area (Å²) in [6.07, 6.45) is 0. The number of methoxy groups -OCH3 is 1. The van der Waals surface area contributed by atoms with Crippen molar-refractivity contribution in [3.05, 3.63) is 29.3 Å². The molecule has 0 saturated carbocycles. The summed E-state index contributed by atoms with van der Waals surface area (Å²) in [6, 6.07) is 5.78. The third-order valence-corrected chi connectivity index (χ3v) is 3.94. The molecular weight excluding hydrogens is 338 g/mol. The van der Waals surface area contributed by atoms with Crippen LogP contribution in [0.4, 0.5) is 0 Å². The SMILES string of the molecule is COC(=O)C(C)CN(CCOCCO)C(=O)COc1c(C)cccc1C. The van der Waals surface area contributed by atoms with Crippen LogP contribution in [0.3, 0.4) is 0 Å². The number of aliphatic hydroxyl groups excluding tert-OH is 1. The van der Waals surface area contributed by atoms with Crippen LogP contribution in [0.2, 0.25) is 0 Å². The molecule has 1 unspecified atom stereocenters. The third kappa shape index (κ3) is 7.01. The number of carbonyl (C=O) groups is 2. The molecule has 0 fully saturated rings. The van der Waals surface area contributed by atoms with Gasteiger partial charge in [0.15, 0.2) is 6.61 Å². The zero-order valence-corrected chi connectivity index (χ0v) is 16.0. The van der Waals surface area contributed by atoms with Crippen LogP contribution in [0.15, 0.2) is 18.2 Å². The van der Waals surface area contributed by atoms with Gasteiger partial charge >= 0.3 is 5.97 Å². The summed E-state index contributed by atoms with van der Waals surface area (Å²) in [6.45, 7) is 6.32. The van der Waals surface area contributed by atoms with Gasteiger partial charge in [0.2, 0.25) is 0 Å². The first-order valence-corrected chi connectivity index (χ1v) is 8.63. The lowest BCUT2D eigenvalue weighted by Gasteiger charge is -2.25. The number of ether oxygens (including phenoxy) is 3. The Bertz CT molecular complexity index is 569. The van der Waals surface area contributed by atoms with Crippen LogP contribution < -0.4 is 4.74 Å². The highest BCUT2D eigenvalue weighted by atomic mass is 16.5. The molecule has 0 aromatic heterocycles. The van der Waals surface area contributed by atoms with Crippen molar-refractivity contribution in [2.75, 3.05) is 46.6 Å².